The maximum absolute atomic E-state index is 6.52. The number of fused-ring (bicyclic) bond motifs is 3. The molecular weight excluding hydrogens is 623 g/mol. The summed E-state index contributed by atoms with van der Waals surface area (Å²) < 4.78 is 6.52. The summed E-state index contributed by atoms with van der Waals surface area (Å²) in [4.78, 5) is 0. The molecule has 0 spiro atoms. The number of furan rings is 1. The zero-order chi connectivity index (χ0) is 35.2. The molecule has 238 valence electrons. The van der Waals surface area contributed by atoms with Crippen molar-refractivity contribution in [2.75, 3.05) is 0 Å². The fourth-order valence-electron chi connectivity index (χ4n) is 8.87. The molecule has 0 atom stereocenters. The number of hydrogen-bond acceptors (Lipinski definition) is 1. The molecule has 1 nitrogen and oxygen atoms in total. The summed E-state index contributed by atoms with van der Waals surface area (Å²) >= 11 is 0. The van der Waals surface area contributed by atoms with Gasteiger partial charge in [-0.05, 0) is 95.0 Å². The molecule has 0 aliphatic carbocycles. The normalized spacial score (nSPS) is 11.8. The van der Waals surface area contributed by atoms with Gasteiger partial charge in [0.05, 0.1) is 0 Å². The maximum Gasteiger partial charge on any atom is 0.139 e. The van der Waals surface area contributed by atoms with Gasteiger partial charge < -0.3 is 4.42 Å². The lowest BCUT2D eigenvalue weighted by Crippen LogP contribution is -2.55. The van der Waals surface area contributed by atoms with Crippen LogP contribution in [-0.2, 0) is 0 Å². The van der Waals surface area contributed by atoms with Gasteiger partial charge in [-0.3, -0.25) is 0 Å². The third kappa shape index (κ3) is 4.50. The van der Waals surface area contributed by atoms with Crippen molar-refractivity contribution in [3.05, 3.63) is 140 Å². The molecule has 0 radical (unpaired) electrons. The molecule has 0 fully saturated rings. The van der Waals surface area contributed by atoms with Crippen LogP contribution in [-0.4, -0.2) is 39.2 Å². The highest BCUT2D eigenvalue weighted by Gasteiger charge is 2.20. The first-order valence-corrected chi connectivity index (χ1v) is 18.3. The van der Waals surface area contributed by atoms with Gasteiger partial charge in [-0.1, -0.05) is 132 Å². The summed E-state index contributed by atoms with van der Waals surface area (Å²) in [6, 6.07) is 51.1. The molecule has 1 heterocycles. The van der Waals surface area contributed by atoms with Gasteiger partial charge in [0.25, 0.3) is 0 Å². The molecule has 10 rings (SSSR count). The van der Waals surface area contributed by atoms with Gasteiger partial charge >= 0.3 is 0 Å². The number of hydrogen-bond donors (Lipinski definition) is 0. The van der Waals surface area contributed by atoms with Crippen LogP contribution in [0.1, 0.15) is 0 Å². The van der Waals surface area contributed by atoms with E-state index in [4.69, 9.17) is 4.42 Å². The first-order valence-electron chi connectivity index (χ1n) is 18.3. The van der Waals surface area contributed by atoms with Crippen LogP contribution in [0.4, 0.5) is 0 Å². The minimum atomic E-state index is 0.906. The predicted molar refractivity (Wildman–Crippen MR) is 240 cm³/mol. The Morgan fingerprint density at radius 2 is 0.865 bits per heavy atom. The van der Waals surface area contributed by atoms with Gasteiger partial charge in [-0.15, -0.1) is 16.4 Å². The summed E-state index contributed by atoms with van der Waals surface area (Å²) in [5.41, 5.74) is 18.7. The van der Waals surface area contributed by atoms with Crippen molar-refractivity contribution < 1.29 is 4.42 Å². The molecule has 0 bridgehead atoms. The van der Waals surface area contributed by atoms with Crippen molar-refractivity contribution >= 4 is 121 Å². The highest BCUT2D eigenvalue weighted by molar-refractivity contribution is 6.69. The molecule has 0 aliphatic heterocycles. The van der Waals surface area contributed by atoms with E-state index in [-0.39, 0.29) is 0 Å². The Morgan fingerprint density at radius 1 is 0.327 bits per heavy atom. The van der Waals surface area contributed by atoms with E-state index in [0.29, 0.717) is 0 Å². The van der Waals surface area contributed by atoms with Crippen LogP contribution in [0.25, 0.3) is 98.8 Å². The smallest absolute Gasteiger partial charge is 0.139 e. The van der Waals surface area contributed by atoms with Crippen LogP contribution in [0, 0.1) is 0 Å². The average Bonchev–Trinajstić information content (AvgIpc) is 3.57. The topological polar surface area (TPSA) is 13.1 Å². The molecule has 10 aromatic rings. The minimum Gasteiger partial charge on any atom is -0.456 e. The average molecular weight is 656 g/mol. The SMILES string of the molecule is Bc1c(B)c(B)c(-c2ccc3ccc4c(-c5cccc6oc7ccc(-c8ccc(-c9ccccc9)cc8)cc7c56)ccc5ccc2c3c54)c(B)c1B. The molecule has 0 saturated heterocycles. The predicted octanol–water partition coefficient (Wildman–Crippen LogP) is 4.44. The fourth-order valence-corrected chi connectivity index (χ4v) is 8.87. The summed E-state index contributed by atoms with van der Waals surface area (Å²) in [6.45, 7) is 0. The lowest BCUT2D eigenvalue weighted by atomic mass is 9.59. The molecule has 1 aromatic heterocycles. The molecular formula is C46H33B5O. The minimum absolute atomic E-state index is 0.906. The number of rotatable bonds is 4. The third-order valence-corrected chi connectivity index (χ3v) is 12.0. The molecule has 9 aromatic carbocycles. The van der Waals surface area contributed by atoms with Crippen molar-refractivity contribution in [3.63, 3.8) is 0 Å². The zero-order valence-corrected chi connectivity index (χ0v) is 30.2. The molecule has 0 N–H and O–H groups in total. The molecule has 52 heavy (non-hydrogen) atoms. The van der Waals surface area contributed by atoms with E-state index in [1.807, 2.05) is 0 Å². The lowest BCUT2D eigenvalue weighted by molar-refractivity contribution is 0.669. The van der Waals surface area contributed by atoms with E-state index >= 15 is 0 Å². The number of benzene rings is 9. The third-order valence-electron chi connectivity index (χ3n) is 12.0. The molecule has 0 unspecified atom stereocenters. The van der Waals surface area contributed by atoms with Gasteiger partial charge in [-0.2, -0.15) is 0 Å². The second-order valence-corrected chi connectivity index (χ2v) is 14.6. The fraction of sp³-hybridized carbons (Fsp3) is 0. The van der Waals surface area contributed by atoms with Crippen LogP contribution >= 0.6 is 0 Å². The Morgan fingerprint density at radius 3 is 1.54 bits per heavy atom. The quantitative estimate of drug-likeness (QED) is 0.202. The van der Waals surface area contributed by atoms with E-state index in [2.05, 4.69) is 179 Å². The van der Waals surface area contributed by atoms with E-state index < -0.39 is 0 Å². The lowest BCUT2D eigenvalue weighted by Gasteiger charge is -2.23. The Hall–Kier alpha value is -5.86. The standard InChI is InChI=1S/C46H33B5O/c47-42-41(43(48)45(50)46(51)44(42)49)34-21-16-28-14-19-32-30(18-13-27-15-20-33(34)39(28)38(27)32)31-7-4-8-37-40(31)35-23-29(17-22-36(35)52-37)26-11-9-25(10-12-26)24-5-2-1-3-6-24/h1-23H,47-51H2. The van der Waals surface area contributed by atoms with Gasteiger partial charge in [0.15, 0.2) is 0 Å². The van der Waals surface area contributed by atoms with Crippen LogP contribution in [0.5, 0.6) is 0 Å². The molecule has 6 heteroatoms. The maximum atomic E-state index is 6.52. The van der Waals surface area contributed by atoms with Gasteiger partial charge in [0, 0.05) is 10.8 Å². The van der Waals surface area contributed by atoms with E-state index in [1.54, 1.807) is 0 Å². The monoisotopic (exact) mass is 656 g/mol. The summed E-state index contributed by atoms with van der Waals surface area (Å²) in [6.07, 6.45) is 0. The molecule has 0 aliphatic rings. The highest BCUT2D eigenvalue weighted by atomic mass is 16.3. The van der Waals surface area contributed by atoms with Crippen molar-refractivity contribution in [1.82, 2.24) is 0 Å². The van der Waals surface area contributed by atoms with Crippen LogP contribution in [0.15, 0.2) is 144 Å². The Balaban J connectivity index is 1.18. The van der Waals surface area contributed by atoms with Crippen LogP contribution < -0.4 is 27.3 Å². The summed E-state index contributed by atoms with van der Waals surface area (Å²) in [7, 11) is 11.4. The largest absolute Gasteiger partial charge is 0.456 e. The second kappa shape index (κ2) is 11.6. The first kappa shape index (κ1) is 30.9. The van der Waals surface area contributed by atoms with Crippen LogP contribution in [0.3, 0.4) is 0 Å². The first-order chi connectivity index (χ1) is 25.4. The molecule has 0 amide bonds. The summed E-state index contributed by atoms with van der Waals surface area (Å²) in [5.74, 6) is 0. The van der Waals surface area contributed by atoms with Crippen molar-refractivity contribution in [2.24, 2.45) is 0 Å². The second-order valence-electron chi connectivity index (χ2n) is 14.6. The van der Waals surface area contributed by atoms with Gasteiger partial charge in [-0.25, -0.2) is 0 Å². The van der Waals surface area contributed by atoms with Crippen molar-refractivity contribution in [1.29, 1.82) is 0 Å². The van der Waals surface area contributed by atoms with Crippen molar-refractivity contribution in [2.45, 2.75) is 0 Å². The van der Waals surface area contributed by atoms with Crippen LogP contribution in [0.2, 0.25) is 0 Å². The Bertz CT molecular complexity index is 3020. The zero-order valence-electron chi connectivity index (χ0n) is 30.2. The van der Waals surface area contributed by atoms with E-state index in [9.17, 15) is 0 Å². The highest BCUT2D eigenvalue weighted by Crippen LogP contribution is 2.45. The van der Waals surface area contributed by atoms with Crippen molar-refractivity contribution in [3.8, 4) is 44.5 Å². The van der Waals surface area contributed by atoms with Gasteiger partial charge in [0.1, 0.15) is 50.4 Å². The van der Waals surface area contributed by atoms with E-state index in [1.165, 1.54) is 104 Å². The van der Waals surface area contributed by atoms with Gasteiger partial charge in [0.2, 0.25) is 0 Å². The van der Waals surface area contributed by atoms with E-state index in [0.717, 1.165) is 21.9 Å². The Kier molecular flexibility index (Phi) is 6.89. The molecule has 0 saturated carbocycles. The summed E-state index contributed by atoms with van der Waals surface area (Å²) in [5, 5.41) is 10.1. The Labute approximate surface area is 308 Å².